The summed E-state index contributed by atoms with van der Waals surface area (Å²) in [7, 11) is -3.39. The number of para-hydroxylation sites is 1. The summed E-state index contributed by atoms with van der Waals surface area (Å²) < 4.78 is 25.3. The standard InChI is InChI=1S/C16H19N3O3S2/c1-11(14-6-4-5-7-15(14)19-24(3,21)22)17-16(20)9-8-13-10-23-12(2)18-13/h4-11,19H,1-3H3,(H,17,20)/b9-8+. The number of nitrogens with zero attached hydrogens (tertiary/aromatic N) is 1. The van der Waals surface area contributed by atoms with Gasteiger partial charge in [0, 0.05) is 11.5 Å². The van der Waals surface area contributed by atoms with Crippen LogP contribution in [-0.2, 0) is 14.8 Å². The Morgan fingerprint density at radius 3 is 2.67 bits per heavy atom. The highest BCUT2D eigenvalue weighted by molar-refractivity contribution is 7.92. The highest BCUT2D eigenvalue weighted by Crippen LogP contribution is 2.23. The summed E-state index contributed by atoms with van der Waals surface area (Å²) in [6.07, 6.45) is 4.15. The van der Waals surface area contributed by atoms with E-state index in [4.69, 9.17) is 0 Å². The second-order valence-corrected chi connectivity index (χ2v) is 8.13. The Hall–Kier alpha value is -2.19. The van der Waals surface area contributed by atoms with Crippen LogP contribution in [0, 0.1) is 6.92 Å². The number of anilines is 1. The number of rotatable bonds is 6. The van der Waals surface area contributed by atoms with E-state index >= 15 is 0 Å². The van der Waals surface area contributed by atoms with Gasteiger partial charge in [0.05, 0.1) is 28.7 Å². The van der Waals surface area contributed by atoms with E-state index in [9.17, 15) is 13.2 Å². The van der Waals surface area contributed by atoms with E-state index in [0.717, 1.165) is 17.0 Å². The molecule has 6 nitrogen and oxygen atoms in total. The molecule has 0 aliphatic carbocycles. The van der Waals surface area contributed by atoms with Crippen LogP contribution in [0.15, 0.2) is 35.7 Å². The maximum Gasteiger partial charge on any atom is 0.244 e. The molecule has 2 aromatic rings. The van der Waals surface area contributed by atoms with E-state index in [1.165, 1.54) is 17.4 Å². The molecule has 1 aromatic carbocycles. The fourth-order valence-corrected chi connectivity index (χ4v) is 3.29. The highest BCUT2D eigenvalue weighted by atomic mass is 32.2. The van der Waals surface area contributed by atoms with Gasteiger partial charge in [-0.15, -0.1) is 11.3 Å². The first kappa shape index (κ1) is 18.2. The molecule has 1 unspecified atom stereocenters. The van der Waals surface area contributed by atoms with Gasteiger partial charge in [-0.2, -0.15) is 0 Å². The van der Waals surface area contributed by atoms with Gasteiger partial charge in [-0.25, -0.2) is 13.4 Å². The van der Waals surface area contributed by atoms with E-state index in [2.05, 4.69) is 15.0 Å². The molecule has 8 heteroatoms. The minimum Gasteiger partial charge on any atom is -0.346 e. The lowest BCUT2D eigenvalue weighted by atomic mass is 10.1. The Morgan fingerprint density at radius 1 is 1.33 bits per heavy atom. The summed E-state index contributed by atoms with van der Waals surface area (Å²) >= 11 is 1.51. The third-order valence-electron chi connectivity index (χ3n) is 3.12. The summed E-state index contributed by atoms with van der Waals surface area (Å²) in [5.41, 5.74) is 1.88. The summed E-state index contributed by atoms with van der Waals surface area (Å²) in [6, 6.07) is 6.60. The van der Waals surface area contributed by atoms with Crippen LogP contribution < -0.4 is 10.0 Å². The molecule has 0 aliphatic rings. The Kier molecular flexibility index (Phi) is 5.74. The lowest BCUT2D eigenvalue weighted by molar-refractivity contribution is -0.117. The number of nitrogens with one attached hydrogen (secondary N) is 2. The summed E-state index contributed by atoms with van der Waals surface area (Å²) in [5.74, 6) is -0.276. The lowest BCUT2D eigenvalue weighted by Gasteiger charge is -2.17. The van der Waals surface area contributed by atoms with E-state index < -0.39 is 10.0 Å². The van der Waals surface area contributed by atoms with Gasteiger partial charge in [0.2, 0.25) is 15.9 Å². The van der Waals surface area contributed by atoms with Gasteiger partial charge >= 0.3 is 0 Å². The molecule has 0 saturated heterocycles. The zero-order chi connectivity index (χ0) is 17.7. The first-order valence-corrected chi connectivity index (χ1v) is 9.99. The fourth-order valence-electron chi connectivity index (χ4n) is 2.12. The number of carbonyl (C=O) groups is 1. The normalized spacial score (nSPS) is 13.0. The van der Waals surface area contributed by atoms with Gasteiger partial charge in [0.25, 0.3) is 0 Å². The van der Waals surface area contributed by atoms with Crippen molar-refractivity contribution >= 4 is 39.0 Å². The van der Waals surface area contributed by atoms with Gasteiger partial charge < -0.3 is 5.32 Å². The third kappa shape index (κ3) is 5.47. The topological polar surface area (TPSA) is 88.2 Å². The first-order chi connectivity index (χ1) is 11.2. The largest absolute Gasteiger partial charge is 0.346 e. The molecule has 0 radical (unpaired) electrons. The average Bonchev–Trinajstić information content (AvgIpc) is 2.89. The molecule has 0 spiro atoms. The second kappa shape index (κ2) is 7.59. The highest BCUT2D eigenvalue weighted by Gasteiger charge is 2.14. The summed E-state index contributed by atoms with van der Waals surface area (Å²) in [6.45, 7) is 3.69. The van der Waals surface area contributed by atoms with Crippen molar-refractivity contribution in [1.82, 2.24) is 10.3 Å². The second-order valence-electron chi connectivity index (χ2n) is 5.32. The molecular weight excluding hydrogens is 346 g/mol. The van der Waals surface area contributed by atoms with Crippen molar-refractivity contribution in [2.24, 2.45) is 0 Å². The zero-order valence-electron chi connectivity index (χ0n) is 13.6. The Bertz CT molecular complexity index is 857. The number of aryl methyl sites for hydroxylation is 1. The van der Waals surface area contributed by atoms with Crippen molar-refractivity contribution in [3.05, 3.63) is 52.0 Å². The number of carbonyl (C=O) groups excluding carboxylic acids is 1. The predicted molar refractivity (Wildman–Crippen MR) is 97.4 cm³/mol. The summed E-state index contributed by atoms with van der Waals surface area (Å²) in [4.78, 5) is 16.3. The van der Waals surface area contributed by atoms with Crippen LogP contribution in [0.2, 0.25) is 0 Å². The number of thiazole rings is 1. The number of amides is 1. The molecule has 0 bridgehead atoms. The quantitative estimate of drug-likeness (QED) is 0.771. The SMILES string of the molecule is Cc1nc(/C=C/C(=O)NC(C)c2ccccc2NS(C)(=O)=O)cs1. The van der Waals surface area contributed by atoms with Crippen molar-refractivity contribution in [3.8, 4) is 0 Å². The fraction of sp³-hybridized carbons (Fsp3) is 0.250. The molecule has 24 heavy (non-hydrogen) atoms. The lowest BCUT2D eigenvalue weighted by Crippen LogP contribution is -2.25. The molecule has 0 saturated carbocycles. The van der Waals surface area contributed by atoms with E-state index in [1.54, 1.807) is 37.3 Å². The summed E-state index contributed by atoms with van der Waals surface area (Å²) in [5, 5.41) is 5.62. The van der Waals surface area contributed by atoms with Gasteiger partial charge in [-0.05, 0) is 31.6 Å². The van der Waals surface area contributed by atoms with Crippen LogP contribution in [0.4, 0.5) is 5.69 Å². The van der Waals surface area contributed by atoms with Crippen LogP contribution in [0.1, 0.15) is 29.2 Å². The van der Waals surface area contributed by atoms with Crippen LogP contribution in [-0.4, -0.2) is 25.6 Å². The molecule has 1 amide bonds. The van der Waals surface area contributed by atoms with E-state index in [0.29, 0.717) is 11.3 Å². The van der Waals surface area contributed by atoms with E-state index in [1.807, 2.05) is 12.3 Å². The maximum atomic E-state index is 12.0. The van der Waals surface area contributed by atoms with Crippen molar-refractivity contribution in [2.75, 3.05) is 11.0 Å². The minimum absolute atomic E-state index is 0.276. The molecule has 2 N–H and O–H groups in total. The third-order valence-corrected chi connectivity index (χ3v) is 4.51. The molecule has 1 heterocycles. The predicted octanol–water partition coefficient (Wildman–Crippen LogP) is 2.71. The number of aromatic nitrogens is 1. The van der Waals surface area contributed by atoms with Crippen LogP contribution in [0.5, 0.6) is 0 Å². The average molecular weight is 365 g/mol. The van der Waals surface area contributed by atoms with Gasteiger partial charge in [-0.1, -0.05) is 18.2 Å². The zero-order valence-corrected chi connectivity index (χ0v) is 15.2. The number of hydrogen-bond acceptors (Lipinski definition) is 5. The molecule has 0 aliphatic heterocycles. The van der Waals surface area contributed by atoms with Crippen molar-refractivity contribution in [2.45, 2.75) is 19.9 Å². The van der Waals surface area contributed by atoms with Gasteiger partial charge in [0.15, 0.2) is 0 Å². The molecule has 2 rings (SSSR count). The van der Waals surface area contributed by atoms with Crippen molar-refractivity contribution < 1.29 is 13.2 Å². The van der Waals surface area contributed by atoms with E-state index in [-0.39, 0.29) is 11.9 Å². The molecule has 1 atom stereocenters. The maximum absolute atomic E-state index is 12.0. The Morgan fingerprint density at radius 2 is 2.04 bits per heavy atom. The Balaban J connectivity index is 2.08. The molecule has 1 aromatic heterocycles. The number of benzene rings is 1. The minimum atomic E-state index is -3.39. The van der Waals surface area contributed by atoms with Gasteiger partial charge in [-0.3, -0.25) is 9.52 Å². The van der Waals surface area contributed by atoms with Crippen molar-refractivity contribution in [1.29, 1.82) is 0 Å². The first-order valence-electron chi connectivity index (χ1n) is 7.22. The molecule has 128 valence electrons. The van der Waals surface area contributed by atoms with Gasteiger partial charge in [0.1, 0.15) is 0 Å². The van der Waals surface area contributed by atoms with Crippen LogP contribution in [0.3, 0.4) is 0 Å². The Labute approximate surface area is 145 Å². The van der Waals surface area contributed by atoms with Crippen molar-refractivity contribution in [3.63, 3.8) is 0 Å². The molecular formula is C16H19N3O3S2. The molecule has 0 fully saturated rings. The number of hydrogen-bond donors (Lipinski definition) is 2. The van der Waals surface area contributed by atoms with Crippen LogP contribution in [0.25, 0.3) is 6.08 Å². The monoisotopic (exact) mass is 365 g/mol. The smallest absolute Gasteiger partial charge is 0.244 e. The number of sulfonamides is 1. The van der Waals surface area contributed by atoms with Crippen LogP contribution >= 0.6 is 11.3 Å².